The van der Waals surface area contributed by atoms with Gasteiger partial charge in [-0.15, -0.1) is 0 Å². The van der Waals surface area contributed by atoms with Crippen LogP contribution in [0.2, 0.25) is 0 Å². The number of aromatic nitrogens is 1. The number of aryl methyl sites for hydroxylation is 2. The van der Waals surface area contributed by atoms with E-state index >= 15 is 0 Å². The lowest BCUT2D eigenvalue weighted by molar-refractivity contribution is -0.140. The van der Waals surface area contributed by atoms with E-state index in [9.17, 15) is 14.7 Å². The third-order valence-electron chi connectivity index (χ3n) is 6.69. The van der Waals surface area contributed by atoms with E-state index in [2.05, 4.69) is 4.98 Å². The summed E-state index contributed by atoms with van der Waals surface area (Å²) in [5, 5.41) is 11.4. The lowest BCUT2D eigenvalue weighted by Gasteiger charge is -2.25. The molecule has 1 fully saturated rings. The van der Waals surface area contributed by atoms with Crippen molar-refractivity contribution in [3.63, 3.8) is 0 Å². The number of pyridine rings is 1. The molecule has 1 aromatic heterocycles. The average molecular weight is 505 g/mol. The smallest absolute Gasteiger partial charge is 0.295 e. The summed E-state index contributed by atoms with van der Waals surface area (Å²) in [6.07, 6.45) is 3.33. The number of Topliss-reactive ketones (excluding diaryl/α,β-unsaturated/α-hetero) is 1. The number of rotatable bonds is 7. The van der Waals surface area contributed by atoms with Crippen LogP contribution in [0.4, 0.5) is 0 Å². The van der Waals surface area contributed by atoms with Gasteiger partial charge in [-0.1, -0.05) is 66.2 Å². The predicted octanol–water partition coefficient (Wildman–Crippen LogP) is 5.90. The minimum absolute atomic E-state index is 0.0695. The topological polar surface area (TPSA) is 79.7 Å². The van der Waals surface area contributed by atoms with Gasteiger partial charge >= 0.3 is 0 Å². The van der Waals surface area contributed by atoms with Gasteiger partial charge in [-0.05, 0) is 60.4 Å². The average Bonchev–Trinajstić information content (AvgIpc) is 3.18. The van der Waals surface area contributed by atoms with Crippen LogP contribution in [0.3, 0.4) is 0 Å². The molecule has 1 N–H and O–H groups in total. The molecule has 0 saturated carbocycles. The number of carbonyl (C=O) groups is 2. The molecule has 6 nitrogen and oxygen atoms in total. The van der Waals surface area contributed by atoms with Crippen molar-refractivity contribution in [2.24, 2.45) is 0 Å². The van der Waals surface area contributed by atoms with E-state index < -0.39 is 17.7 Å². The summed E-state index contributed by atoms with van der Waals surface area (Å²) in [5.41, 5.74) is 4.97. The third kappa shape index (κ3) is 5.06. The molecule has 190 valence electrons. The number of ether oxygens (including phenoxy) is 1. The van der Waals surface area contributed by atoms with Crippen LogP contribution < -0.4 is 4.74 Å². The Morgan fingerprint density at radius 1 is 0.921 bits per heavy atom. The first-order chi connectivity index (χ1) is 18.4. The number of hydrogen-bond donors (Lipinski definition) is 1. The van der Waals surface area contributed by atoms with Crippen molar-refractivity contribution < 1.29 is 19.4 Å². The van der Waals surface area contributed by atoms with Gasteiger partial charge in [0.2, 0.25) is 0 Å². The number of hydrogen-bond acceptors (Lipinski definition) is 5. The lowest BCUT2D eigenvalue weighted by atomic mass is 9.94. The highest BCUT2D eigenvalue weighted by molar-refractivity contribution is 6.46. The molecule has 0 bridgehead atoms. The normalized spacial score (nSPS) is 16.6. The van der Waals surface area contributed by atoms with Crippen molar-refractivity contribution in [3.8, 4) is 5.75 Å². The molecule has 0 radical (unpaired) electrons. The third-order valence-corrected chi connectivity index (χ3v) is 6.69. The van der Waals surface area contributed by atoms with Crippen LogP contribution in [-0.4, -0.2) is 26.7 Å². The molecule has 2 heterocycles. The molecule has 5 rings (SSSR count). The molecule has 1 atom stereocenters. The Labute approximate surface area is 221 Å². The number of carbonyl (C=O) groups excluding carboxylic acids is 2. The van der Waals surface area contributed by atoms with Gasteiger partial charge in [0.1, 0.15) is 18.1 Å². The lowest BCUT2D eigenvalue weighted by Crippen LogP contribution is -2.29. The van der Waals surface area contributed by atoms with Crippen molar-refractivity contribution in [1.29, 1.82) is 0 Å². The minimum atomic E-state index is -0.731. The van der Waals surface area contributed by atoms with Crippen molar-refractivity contribution >= 4 is 17.4 Å². The fourth-order valence-corrected chi connectivity index (χ4v) is 4.68. The highest BCUT2D eigenvalue weighted by Gasteiger charge is 2.46. The van der Waals surface area contributed by atoms with E-state index in [4.69, 9.17) is 4.74 Å². The highest BCUT2D eigenvalue weighted by Crippen LogP contribution is 2.40. The number of benzene rings is 3. The standard InChI is InChI=1S/C32H28N2O4/c1-21-10-12-25(13-11-21)29-28(31(36)32(37)34(29)19-24-9-6-16-33-18-24)30(35)26-14-15-27(22(2)17-26)38-20-23-7-4-3-5-8-23/h3-18,29,35H,19-20H2,1-2H3/b30-28+/t29-/m0/s1. The molecular weight excluding hydrogens is 476 g/mol. The van der Waals surface area contributed by atoms with Gasteiger partial charge in [-0.25, -0.2) is 0 Å². The zero-order valence-corrected chi connectivity index (χ0v) is 21.3. The molecule has 0 spiro atoms. The van der Waals surface area contributed by atoms with Gasteiger partial charge in [0, 0.05) is 24.5 Å². The number of aliphatic hydroxyl groups excluding tert-OH is 1. The fraction of sp³-hybridized carbons (Fsp3) is 0.156. The van der Waals surface area contributed by atoms with E-state index in [0.29, 0.717) is 17.9 Å². The zero-order chi connectivity index (χ0) is 26.6. The second-order valence-electron chi connectivity index (χ2n) is 9.45. The van der Waals surface area contributed by atoms with Gasteiger partial charge in [0.05, 0.1) is 11.6 Å². The zero-order valence-electron chi connectivity index (χ0n) is 21.3. The number of likely N-dealkylation sites (tertiary alicyclic amines) is 1. The van der Waals surface area contributed by atoms with Gasteiger partial charge in [-0.2, -0.15) is 0 Å². The number of amides is 1. The van der Waals surface area contributed by atoms with Crippen molar-refractivity contribution in [3.05, 3.63) is 136 Å². The SMILES string of the molecule is Cc1ccc([C@H]2/C(=C(\O)c3ccc(OCc4ccccc4)c(C)c3)C(=O)C(=O)N2Cc2cccnc2)cc1. The molecule has 1 saturated heterocycles. The number of nitrogens with zero attached hydrogens (tertiary/aromatic N) is 2. The summed E-state index contributed by atoms with van der Waals surface area (Å²) in [6.45, 7) is 4.47. The predicted molar refractivity (Wildman–Crippen MR) is 145 cm³/mol. The second-order valence-corrected chi connectivity index (χ2v) is 9.45. The summed E-state index contributed by atoms with van der Waals surface area (Å²) in [7, 11) is 0. The molecule has 3 aromatic carbocycles. The summed E-state index contributed by atoms with van der Waals surface area (Å²) < 4.78 is 5.97. The van der Waals surface area contributed by atoms with Crippen LogP contribution in [0.5, 0.6) is 5.75 Å². The summed E-state index contributed by atoms with van der Waals surface area (Å²) >= 11 is 0. The minimum Gasteiger partial charge on any atom is -0.507 e. The molecule has 0 unspecified atom stereocenters. The van der Waals surface area contributed by atoms with Crippen LogP contribution in [0.25, 0.3) is 5.76 Å². The van der Waals surface area contributed by atoms with Gasteiger partial charge in [-0.3, -0.25) is 14.6 Å². The molecule has 1 amide bonds. The maximum absolute atomic E-state index is 13.3. The van der Waals surface area contributed by atoms with Gasteiger partial charge < -0.3 is 14.7 Å². The van der Waals surface area contributed by atoms with E-state index in [-0.39, 0.29) is 17.9 Å². The summed E-state index contributed by atoms with van der Waals surface area (Å²) in [6, 6.07) is 25.7. The van der Waals surface area contributed by atoms with E-state index in [1.807, 2.05) is 74.5 Å². The second kappa shape index (κ2) is 10.7. The number of ketones is 1. The van der Waals surface area contributed by atoms with E-state index in [1.54, 1.807) is 36.7 Å². The Hall–Kier alpha value is -4.71. The summed E-state index contributed by atoms with van der Waals surface area (Å²) in [5.74, 6) is -0.891. The van der Waals surface area contributed by atoms with Crippen LogP contribution in [0, 0.1) is 13.8 Å². The van der Waals surface area contributed by atoms with Gasteiger partial charge in [0.15, 0.2) is 0 Å². The first-order valence-corrected chi connectivity index (χ1v) is 12.4. The molecular formula is C32H28N2O4. The number of aliphatic hydroxyl groups is 1. The maximum Gasteiger partial charge on any atom is 0.295 e. The molecule has 0 aliphatic carbocycles. The monoisotopic (exact) mass is 504 g/mol. The molecule has 1 aliphatic heterocycles. The van der Waals surface area contributed by atoms with Crippen molar-refractivity contribution in [1.82, 2.24) is 9.88 Å². The quantitative estimate of drug-likeness (QED) is 0.193. The first kappa shape index (κ1) is 25.0. The Bertz CT molecular complexity index is 1500. The largest absolute Gasteiger partial charge is 0.507 e. The first-order valence-electron chi connectivity index (χ1n) is 12.4. The van der Waals surface area contributed by atoms with Crippen LogP contribution in [-0.2, 0) is 22.7 Å². The molecule has 6 heteroatoms. The summed E-state index contributed by atoms with van der Waals surface area (Å²) in [4.78, 5) is 32.2. The van der Waals surface area contributed by atoms with Crippen LogP contribution >= 0.6 is 0 Å². The Kier molecular flexibility index (Phi) is 7.05. The van der Waals surface area contributed by atoms with Crippen LogP contribution in [0.1, 0.15) is 39.4 Å². The van der Waals surface area contributed by atoms with Crippen LogP contribution in [0.15, 0.2) is 103 Å². The Balaban J connectivity index is 1.51. The van der Waals surface area contributed by atoms with E-state index in [1.165, 1.54) is 4.90 Å². The maximum atomic E-state index is 13.3. The fourth-order valence-electron chi connectivity index (χ4n) is 4.68. The molecule has 38 heavy (non-hydrogen) atoms. The Morgan fingerprint density at radius 2 is 1.66 bits per heavy atom. The van der Waals surface area contributed by atoms with Gasteiger partial charge in [0.25, 0.3) is 11.7 Å². The van der Waals surface area contributed by atoms with E-state index in [0.717, 1.165) is 27.8 Å². The van der Waals surface area contributed by atoms with Crippen molar-refractivity contribution in [2.75, 3.05) is 0 Å². The molecule has 1 aliphatic rings. The highest BCUT2D eigenvalue weighted by atomic mass is 16.5. The molecule has 4 aromatic rings. The van der Waals surface area contributed by atoms with Crippen molar-refractivity contribution in [2.45, 2.75) is 33.0 Å². The Morgan fingerprint density at radius 3 is 2.34 bits per heavy atom.